The van der Waals surface area contributed by atoms with Gasteiger partial charge in [0.15, 0.2) is 6.10 Å². The normalized spacial score (nSPS) is 18.7. The van der Waals surface area contributed by atoms with Crippen molar-refractivity contribution in [3.63, 3.8) is 0 Å². The maximum absolute atomic E-state index is 12.7. The molecule has 0 aromatic heterocycles. The highest BCUT2D eigenvalue weighted by atomic mass is 16.3. The molecular formula is C27H35N3O3. The number of carbonyl (C=O) groups is 2. The molecule has 2 N–H and O–H groups in total. The van der Waals surface area contributed by atoms with Crippen molar-refractivity contribution in [2.45, 2.75) is 38.2 Å². The minimum absolute atomic E-state index is 0.0532. The molecule has 2 aliphatic heterocycles. The molecule has 2 saturated heterocycles. The summed E-state index contributed by atoms with van der Waals surface area (Å²) >= 11 is 0. The monoisotopic (exact) mass is 449 g/mol. The zero-order chi connectivity index (χ0) is 23.2. The van der Waals surface area contributed by atoms with Crippen LogP contribution in [0.5, 0.6) is 0 Å². The van der Waals surface area contributed by atoms with Gasteiger partial charge < -0.3 is 20.2 Å². The maximum atomic E-state index is 12.7. The SMILES string of the molecule is CNC(=O)c1ccc(N2CCC(CC3CCN(C(=O)C(O)c4ccccc4)CC3)CC2)cc1. The summed E-state index contributed by atoms with van der Waals surface area (Å²) in [5, 5.41) is 13.1. The number of likely N-dealkylation sites (tertiary alicyclic amines) is 1. The molecule has 4 rings (SSSR count). The van der Waals surface area contributed by atoms with Crippen LogP contribution in [-0.2, 0) is 4.79 Å². The fourth-order valence-corrected chi connectivity index (χ4v) is 5.21. The molecule has 1 unspecified atom stereocenters. The molecule has 0 aliphatic carbocycles. The molecule has 176 valence electrons. The van der Waals surface area contributed by atoms with E-state index in [9.17, 15) is 14.7 Å². The van der Waals surface area contributed by atoms with Crippen molar-refractivity contribution in [3.05, 3.63) is 65.7 Å². The van der Waals surface area contributed by atoms with E-state index in [1.807, 2.05) is 47.4 Å². The Morgan fingerprint density at radius 1 is 0.909 bits per heavy atom. The topological polar surface area (TPSA) is 72.9 Å². The summed E-state index contributed by atoms with van der Waals surface area (Å²) in [6.07, 6.45) is 4.58. The maximum Gasteiger partial charge on any atom is 0.256 e. The van der Waals surface area contributed by atoms with Crippen molar-refractivity contribution in [2.75, 3.05) is 38.1 Å². The van der Waals surface area contributed by atoms with Gasteiger partial charge in [-0.25, -0.2) is 0 Å². The Labute approximate surface area is 196 Å². The van der Waals surface area contributed by atoms with E-state index in [1.54, 1.807) is 19.2 Å². The van der Waals surface area contributed by atoms with Gasteiger partial charge in [0.2, 0.25) is 0 Å². The van der Waals surface area contributed by atoms with Crippen molar-refractivity contribution in [2.24, 2.45) is 11.8 Å². The highest BCUT2D eigenvalue weighted by molar-refractivity contribution is 5.94. The molecule has 2 fully saturated rings. The summed E-state index contributed by atoms with van der Waals surface area (Å²) in [6.45, 7) is 3.57. The number of piperidine rings is 2. The Bertz CT molecular complexity index is 915. The first kappa shape index (κ1) is 23.3. The number of nitrogens with one attached hydrogen (secondary N) is 1. The van der Waals surface area contributed by atoms with E-state index in [0.717, 1.165) is 44.9 Å². The van der Waals surface area contributed by atoms with Crippen molar-refractivity contribution < 1.29 is 14.7 Å². The molecule has 1 atom stereocenters. The van der Waals surface area contributed by atoms with Gasteiger partial charge in [-0.1, -0.05) is 30.3 Å². The van der Waals surface area contributed by atoms with Crippen LogP contribution in [0.2, 0.25) is 0 Å². The Morgan fingerprint density at radius 3 is 2.06 bits per heavy atom. The standard InChI is InChI=1S/C27H35N3O3/c1-28-26(32)23-7-9-24(10-8-23)29-15-11-20(12-16-29)19-21-13-17-30(18-14-21)27(33)25(31)22-5-3-2-4-6-22/h2-10,20-21,25,31H,11-19H2,1H3,(H,28,32). The number of amides is 2. The second-order valence-corrected chi connectivity index (χ2v) is 9.37. The zero-order valence-electron chi connectivity index (χ0n) is 19.5. The summed E-state index contributed by atoms with van der Waals surface area (Å²) in [5.74, 6) is 1.16. The predicted molar refractivity (Wildman–Crippen MR) is 130 cm³/mol. The minimum atomic E-state index is -1.06. The van der Waals surface area contributed by atoms with Crippen molar-refractivity contribution in [1.82, 2.24) is 10.2 Å². The number of hydrogen-bond donors (Lipinski definition) is 2. The van der Waals surface area contributed by atoms with Gasteiger partial charge in [-0.05, 0) is 73.8 Å². The Hall–Kier alpha value is -2.86. The first-order valence-electron chi connectivity index (χ1n) is 12.1. The zero-order valence-corrected chi connectivity index (χ0v) is 19.5. The summed E-state index contributed by atoms with van der Waals surface area (Å²) in [6, 6.07) is 17.1. The van der Waals surface area contributed by atoms with Gasteiger partial charge in [0.05, 0.1) is 0 Å². The second kappa shape index (κ2) is 10.8. The first-order chi connectivity index (χ1) is 16.0. The predicted octanol–water partition coefficient (Wildman–Crippen LogP) is 3.62. The molecule has 6 nitrogen and oxygen atoms in total. The van der Waals surface area contributed by atoms with Crippen LogP contribution < -0.4 is 10.2 Å². The number of hydrogen-bond acceptors (Lipinski definition) is 4. The van der Waals surface area contributed by atoms with Gasteiger partial charge in [-0.15, -0.1) is 0 Å². The Kier molecular flexibility index (Phi) is 7.65. The van der Waals surface area contributed by atoms with Gasteiger partial charge in [-0.2, -0.15) is 0 Å². The van der Waals surface area contributed by atoms with Gasteiger partial charge >= 0.3 is 0 Å². The minimum Gasteiger partial charge on any atom is -0.378 e. The highest BCUT2D eigenvalue weighted by Crippen LogP contribution is 2.32. The molecule has 2 aromatic rings. The third-order valence-corrected chi connectivity index (χ3v) is 7.28. The molecule has 0 saturated carbocycles. The Balaban J connectivity index is 1.20. The first-order valence-corrected chi connectivity index (χ1v) is 12.1. The van der Waals surface area contributed by atoms with Crippen LogP contribution in [-0.4, -0.2) is 55.0 Å². The number of nitrogens with zero attached hydrogens (tertiary/aromatic N) is 2. The van der Waals surface area contributed by atoms with Crippen LogP contribution in [0.4, 0.5) is 5.69 Å². The highest BCUT2D eigenvalue weighted by Gasteiger charge is 2.30. The van der Waals surface area contributed by atoms with Crippen molar-refractivity contribution in [3.8, 4) is 0 Å². The lowest BCUT2D eigenvalue weighted by molar-refractivity contribution is -0.142. The molecule has 0 spiro atoms. The van der Waals surface area contributed by atoms with Crippen LogP contribution in [0.1, 0.15) is 54.1 Å². The number of benzene rings is 2. The fraction of sp³-hybridized carbons (Fsp3) is 0.481. The third kappa shape index (κ3) is 5.74. The van der Waals surface area contributed by atoms with E-state index < -0.39 is 6.10 Å². The van der Waals surface area contributed by atoms with Crippen molar-refractivity contribution in [1.29, 1.82) is 0 Å². The molecule has 2 aromatic carbocycles. The lowest BCUT2D eigenvalue weighted by Crippen LogP contribution is -2.42. The van der Waals surface area contributed by atoms with E-state index in [0.29, 0.717) is 17.0 Å². The number of anilines is 1. The van der Waals surface area contributed by atoms with Crippen LogP contribution >= 0.6 is 0 Å². The van der Waals surface area contributed by atoms with E-state index in [1.165, 1.54) is 24.9 Å². The Morgan fingerprint density at radius 2 is 1.48 bits per heavy atom. The van der Waals surface area contributed by atoms with Crippen LogP contribution in [0.25, 0.3) is 0 Å². The third-order valence-electron chi connectivity index (χ3n) is 7.28. The van der Waals surface area contributed by atoms with Crippen LogP contribution in [0.3, 0.4) is 0 Å². The van der Waals surface area contributed by atoms with E-state index in [4.69, 9.17) is 0 Å². The molecule has 6 heteroatoms. The summed E-state index contributed by atoms with van der Waals surface area (Å²) in [7, 11) is 1.65. The molecule has 2 amide bonds. The lowest BCUT2D eigenvalue weighted by Gasteiger charge is -2.38. The van der Waals surface area contributed by atoms with Gasteiger partial charge in [0.1, 0.15) is 0 Å². The van der Waals surface area contributed by atoms with Crippen LogP contribution in [0.15, 0.2) is 54.6 Å². The van der Waals surface area contributed by atoms with Gasteiger partial charge in [0, 0.05) is 44.5 Å². The molecular weight excluding hydrogens is 414 g/mol. The fourth-order valence-electron chi connectivity index (χ4n) is 5.21. The lowest BCUT2D eigenvalue weighted by atomic mass is 9.82. The largest absolute Gasteiger partial charge is 0.378 e. The van der Waals surface area contributed by atoms with E-state index in [2.05, 4.69) is 10.2 Å². The molecule has 0 bridgehead atoms. The van der Waals surface area contributed by atoms with Gasteiger partial charge in [-0.3, -0.25) is 9.59 Å². The van der Waals surface area contributed by atoms with Crippen LogP contribution in [0, 0.1) is 11.8 Å². The number of aliphatic hydroxyl groups is 1. The quantitative estimate of drug-likeness (QED) is 0.707. The number of rotatable bonds is 6. The number of carbonyl (C=O) groups excluding carboxylic acids is 2. The summed E-state index contributed by atoms with van der Waals surface area (Å²) < 4.78 is 0. The smallest absolute Gasteiger partial charge is 0.256 e. The average molecular weight is 450 g/mol. The average Bonchev–Trinajstić information content (AvgIpc) is 2.89. The number of aliphatic hydroxyl groups excluding tert-OH is 1. The van der Waals surface area contributed by atoms with E-state index >= 15 is 0 Å². The second-order valence-electron chi connectivity index (χ2n) is 9.37. The summed E-state index contributed by atoms with van der Waals surface area (Å²) in [5.41, 5.74) is 2.54. The molecule has 33 heavy (non-hydrogen) atoms. The van der Waals surface area contributed by atoms with E-state index in [-0.39, 0.29) is 11.8 Å². The summed E-state index contributed by atoms with van der Waals surface area (Å²) in [4.78, 5) is 28.7. The molecule has 0 radical (unpaired) electrons. The molecule has 2 heterocycles. The van der Waals surface area contributed by atoms with Gasteiger partial charge in [0.25, 0.3) is 11.8 Å². The molecule has 2 aliphatic rings. The van der Waals surface area contributed by atoms with Crippen molar-refractivity contribution >= 4 is 17.5 Å².